The Kier molecular flexibility index (Phi) is 6.72. The molecule has 0 spiro atoms. The second-order valence-corrected chi connectivity index (χ2v) is 7.68. The lowest BCUT2D eigenvalue weighted by atomic mass is 10.2. The monoisotopic (exact) mass is 446 g/mol. The van der Waals surface area contributed by atoms with Crippen LogP contribution in [0.1, 0.15) is 0 Å². The second kappa shape index (κ2) is 10.0. The largest absolute Gasteiger partial charge is 0.497 e. The van der Waals surface area contributed by atoms with E-state index < -0.39 is 0 Å². The van der Waals surface area contributed by atoms with E-state index in [0.29, 0.717) is 22.3 Å². The molecule has 0 bridgehead atoms. The number of carbonyl (C=O) groups is 1. The first-order valence-corrected chi connectivity index (χ1v) is 10.9. The summed E-state index contributed by atoms with van der Waals surface area (Å²) in [5, 5.41) is 8.02. The molecule has 0 radical (unpaired) electrons. The van der Waals surface area contributed by atoms with Gasteiger partial charge in [0.2, 0.25) is 11.1 Å². The maximum atomic E-state index is 12.6. The Hall–Kier alpha value is -3.78. The minimum Gasteiger partial charge on any atom is -0.497 e. The number of nitrogens with zero attached hydrogens (tertiary/aromatic N) is 3. The summed E-state index contributed by atoms with van der Waals surface area (Å²) in [5.74, 6) is 1.87. The van der Waals surface area contributed by atoms with E-state index in [1.54, 1.807) is 37.1 Å². The molecule has 4 rings (SSSR count). The Balaban J connectivity index is 1.51. The lowest BCUT2D eigenvalue weighted by Crippen LogP contribution is -2.14. The van der Waals surface area contributed by atoms with Crippen LogP contribution in [0, 0.1) is 0 Å². The number of para-hydroxylation sites is 1. The van der Waals surface area contributed by atoms with Gasteiger partial charge in [0.1, 0.15) is 11.5 Å². The van der Waals surface area contributed by atoms with Gasteiger partial charge >= 0.3 is 0 Å². The lowest BCUT2D eigenvalue weighted by molar-refractivity contribution is -0.113. The van der Waals surface area contributed by atoms with Gasteiger partial charge in [0.15, 0.2) is 5.82 Å². The van der Waals surface area contributed by atoms with Crippen molar-refractivity contribution in [1.29, 1.82) is 0 Å². The molecule has 0 saturated carbocycles. The molecule has 7 nitrogen and oxygen atoms in total. The van der Waals surface area contributed by atoms with Gasteiger partial charge in [-0.2, -0.15) is 0 Å². The number of hydrogen-bond donors (Lipinski definition) is 1. The van der Waals surface area contributed by atoms with Crippen LogP contribution in [0.2, 0.25) is 0 Å². The van der Waals surface area contributed by atoms with Gasteiger partial charge in [-0.25, -0.2) is 9.67 Å². The van der Waals surface area contributed by atoms with Crippen LogP contribution in [0.25, 0.3) is 17.1 Å². The Labute approximate surface area is 190 Å². The fourth-order valence-corrected chi connectivity index (χ4v) is 3.72. The van der Waals surface area contributed by atoms with Crippen molar-refractivity contribution in [3.05, 3.63) is 78.9 Å². The minimum absolute atomic E-state index is 0.155. The van der Waals surface area contributed by atoms with Crippen LogP contribution in [0.15, 0.2) is 84.0 Å². The number of methoxy groups -OCH3 is 2. The third kappa shape index (κ3) is 4.92. The summed E-state index contributed by atoms with van der Waals surface area (Å²) in [6.45, 7) is 0. The smallest absolute Gasteiger partial charge is 0.234 e. The van der Waals surface area contributed by atoms with Crippen molar-refractivity contribution in [2.75, 3.05) is 25.3 Å². The molecule has 1 heterocycles. The fourth-order valence-electron chi connectivity index (χ4n) is 3.10. The zero-order chi connectivity index (χ0) is 22.3. The topological polar surface area (TPSA) is 78.3 Å². The van der Waals surface area contributed by atoms with E-state index in [-0.39, 0.29) is 11.7 Å². The molecular formula is C24H22N4O3S. The zero-order valence-corrected chi connectivity index (χ0v) is 18.5. The highest BCUT2D eigenvalue weighted by Crippen LogP contribution is 2.30. The number of amides is 1. The normalized spacial score (nSPS) is 10.6. The van der Waals surface area contributed by atoms with Crippen molar-refractivity contribution in [1.82, 2.24) is 14.8 Å². The van der Waals surface area contributed by atoms with Gasteiger partial charge in [-0.15, -0.1) is 5.10 Å². The van der Waals surface area contributed by atoms with Gasteiger partial charge in [-0.1, -0.05) is 60.3 Å². The highest BCUT2D eigenvalue weighted by molar-refractivity contribution is 7.99. The summed E-state index contributed by atoms with van der Waals surface area (Å²) in [5.41, 5.74) is 2.42. The second-order valence-electron chi connectivity index (χ2n) is 6.73. The Morgan fingerprint density at radius 2 is 1.69 bits per heavy atom. The molecule has 0 unspecified atom stereocenters. The number of ether oxygens (including phenoxy) is 2. The molecule has 0 aliphatic heterocycles. The van der Waals surface area contributed by atoms with E-state index in [4.69, 9.17) is 9.47 Å². The van der Waals surface area contributed by atoms with Crippen LogP contribution in [-0.2, 0) is 4.79 Å². The van der Waals surface area contributed by atoms with Crippen molar-refractivity contribution >= 4 is 23.4 Å². The molecule has 0 aliphatic rings. The van der Waals surface area contributed by atoms with E-state index in [9.17, 15) is 4.79 Å². The van der Waals surface area contributed by atoms with Crippen LogP contribution in [0.4, 0.5) is 5.69 Å². The number of aromatic nitrogens is 3. The summed E-state index contributed by atoms with van der Waals surface area (Å²) < 4.78 is 12.3. The highest BCUT2D eigenvalue weighted by atomic mass is 32.2. The molecule has 0 fully saturated rings. The van der Waals surface area contributed by atoms with E-state index in [1.807, 2.05) is 60.7 Å². The maximum absolute atomic E-state index is 12.6. The van der Waals surface area contributed by atoms with Crippen LogP contribution >= 0.6 is 11.8 Å². The number of hydrogen-bond acceptors (Lipinski definition) is 6. The zero-order valence-electron chi connectivity index (χ0n) is 17.7. The molecule has 1 N–H and O–H groups in total. The Bertz CT molecular complexity index is 1140. The van der Waals surface area contributed by atoms with Gasteiger partial charge in [0.05, 0.1) is 31.3 Å². The number of carbonyl (C=O) groups excluding carboxylic acids is 1. The lowest BCUT2D eigenvalue weighted by Gasteiger charge is -2.11. The van der Waals surface area contributed by atoms with Gasteiger partial charge in [0.25, 0.3) is 0 Å². The summed E-state index contributed by atoms with van der Waals surface area (Å²) in [4.78, 5) is 17.2. The fraction of sp³-hybridized carbons (Fsp3) is 0.125. The van der Waals surface area contributed by atoms with E-state index >= 15 is 0 Å². The molecular weight excluding hydrogens is 424 g/mol. The number of nitrogens with one attached hydrogen (secondary N) is 1. The summed E-state index contributed by atoms with van der Waals surface area (Å²) in [6.07, 6.45) is 0. The number of rotatable bonds is 8. The third-order valence-electron chi connectivity index (χ3n) is 4.64. The molecule has 1 aromatic heterocycles. The predicted octanol–water partition coefficient (Wildman–Crippen LogP) is 4.68. The quantitative estimate of drug-likeness (QED) is 0.396. The first-order chi connectivity index (χ1) is 15.7. The highest BCUT2D eigenvalue weighted by Gasteiger charge is 2.16. The molecule has 1 amide bonds. The average molecular weight is 447 g/mol. The van der Waals surface area contributed by atoms with E-state index in [1.165, 1.54) is 11.8 Å². The Morgan fingerprint density at radius 3 is 2.38 bits per heavy atom. The molecule has 0 saturated heterocycles. The molecule has 162 valence electrons. The van der Waals surface area contributed by atoms with Crippen molar-refractivity contribution in [2.24, 2.45) is 0 Å². The van der Waals surface area contributed by atoms with Gasteiger partial charge in [-0.3, -0.25) is 4.79 Å². The van der Waals surface area contributed by atoms with Gasteiger partial charge in [-0.05, 0) is 24.3 Å². The van der Waals surface area contributed by atoms with Crippen molar-refractivity contribution in [2.45, 2.75) is 5.16 Å². The van der Waals surface area contributed by atoms with Gasteiger partial charge < -0.3 is 14.8 Å². The summed E-state index contributed by atoms with van der Waals surface area (Å²) >= 11 is 1.27. The van der Waals surface area contributed by atoms with Crippen molar-refractivity contribution in [3.8, 4) is 28.6 Å². The molecule has 4 aromatic rings. The molecule has 8 heteroatoms. The van der Waals surface area contributed by atoms with Crippen molar-refractivity contribution < 1.29 is 14.3 Å². The maximum Gasteiger partial charge on any atom is 0.234 e. The SMILES string of the molecule is COc1ccc(NC(=O)CSc2nc(-c3ccccc3)n(-c3ccccc3)n2)c(OC)c1. The summed E-state index contributed by atoms with van der Waals surface area (Å²) in [6, 6.07) is 24.9. The number of benzene rings is 3. The number of thioether (sulfide) groups is 1. The van der Waals surface area contributed by atoms with Crippen LogP contribution < -0.4 is 14.8 Å². The van der Waals surface area contributed by atoms with Crippen molar-refractivity contribution in [3.63, 3.8) is 0 Å². The summed E-state index contributed by atoms with van der Waals surface area (Å²) in [7, 11) is 3.12. The van der Waals surface area contributed by atoms with Crippen LogP contribution in [0.5, 0.6) is 11.5 Å². The van der Waals surface area contributed by atoms with Crippen LogP contribution in [0.3, 0.4) is 0 Å². The third-order valence-corrected chi connectivity index (χ3v) is 5.47. The van der Waals surface area contributed by atoms with E-state index in [0.717, 1.165) is 17.1 Å². The Morgan fingerprint density at radius 1 is 0.969 bits per heavy atom. The minimum atomic E-state index is -0.184. The standard InChI is InChI=1S/C24H22N4O3S/c1-30-19-13-14-20(21(15-19)31-2)25-22(29)16-32-24-26-23(17-9-5-3-6-10-17)28(27-24)18-11-7-4-8-12-18/h3-15H,16H2,1-2H3,(H,25,29). The molecule has 0 atom stereocenters. The predicted molar refractivity (Wildman–Crippen MR) is 126 cm³/mol. The molecule has 3 aromatic carbocycles. The van der Waals surface area contributed by atoms with Gasteiger partial charge in [0, 0.05) is 11.6 Å². The molecule has 0 aliphatic carbocycles. The molecule has 32 heavy (non-hydrogen) atoms. The van der Waals surface area contributed by atoms with E-state index in [2.05, 4.69) is 15.4 Å². The number of anilines is 1. The van der Waals surface area contributed by atoms with Crippen LogP contribution in [-0.4, -0.2) is 40.6 Å². The first kappa shape index (κ1) is 21.5. The first-order valence-electron chi connectivity index (χ1n) is 9.90. The average Bonchev–Trinajstić information content (AvgIpc) is 3.28.